The first-order valence-electron chi connectivity index (χ1n) is 11.2. The maximum Gasteiger partial charge on any atom is 0.239 e. The number of carbonyl (C=O) groups is 3. The number of rotatable bonds is 10. The molecule has 1 aliphatic carbocycles. The highest BCUT2D eigenvalue weighted by molar-refractivity contribution is 5.84. The van der Waals surface area contributed by atoms with Crippen LogP contribution in [0, 0.1) is 11.3 Å². The van der Waals surface area contributed by atoms with Crippen LogP contribution >= 0.6 is 0 Å². The van der Waals surface area contributed by atoms with Gasteiger partial charge in [0.1, 0.15) is 5.82 Å². The standard InChI is InChI=1S/C21H35N7O3/c1-27(18(30)9-7-16-24-20(22)26-25-16)12-3-4-13-28(2)19(31)21(10-5-11-21)15-6-8-17(29)23-14-15/h15H,3-14H2,1-2H3,(H,23,29)(H3,22,24,25,26). The highest BCUT2D eigenvalue weighted by Crippen LogP contribution is 2.50. The third-order valence-electron chi connectivity index (χ3n) is 6.85. The van der Waals surface area contributed by atoms with E-state index in [0.29, 0.717) is 44.7 Å². The van der Waals surface area contributed by atoms with Crippen molar-refractivity contribution in [2.24, 2.45) is 11.3 Å². The second kappa shape index (κ2) is 10.1. The molecular weight excluding hydrogens is 398 g/mol. The molecule has 2 heterocycles. The van der Waals surface area contributed by atoms with Crippen LogP contribution in [0.2, 0.25) is 0 Å². The molecular formula is C21H35N7O3. The molecule has 3 rings (SSSR count). The van der Waals surface area contributed by atoms with Crippen molar-refractivity contribution in [1.29, 1.82) is 0 Å². The number of nitrogens with zero attached hydrogens (tertiary/aromatic N) is 4. The lowest BCUT2D eigenvalue weighted by Crippen LogP contribution is -2.55. The smallest absolute Gasteiger partial charge is 0.239 e. The van der Waals surface area contributed by atoms with E-state index in [-0.39, 0.29) is 35.0 Å². The number of nitrogens with two attached hydrogens (primary N) is 1. The minimum Gasteiger partial charge on any atom is -0.367 e. The zero-order valence-corrected chi connectivity index (χ0v) is 18.7. The fourth-order valence-electron chi connectivity index (χ4n) is 4.70. The van der Waals surface area contributed by atoms with E-state index in [2.05, 4.69) is 20.5 Å². The zero-order valence-electron chi connectivity index (χ0n) is 18.7. The van der Waals surface area contributed by atoms with Gasteiger partial charge in [-0.3, -0.25) is 19.5 Å². The molecule has 1 saturated carbocycles. The van der Waals surface area contributed by atoms with E-state index in [1.807, 2.05) is 11.9 Å². The van der Waals surface area contributed by atoms with Crippen LogP contribution in [0.4, 0.5) is 5.95 Å². The summed E-state index contributed by atoms with van der Waals surface area (Å²) in [6, 6.07) is 0. The number of piperidine rings is 1. The number of anilines is 1. The Balaban J connectivity index is 1.37. The Morgan fingerprint density at radius 1 is 1.19 bits per heavy atom. The molecule has 31 heavy (non-hydrogen) atoms. The third kappa shape index (κ3) is 5.54. The second-order valence-corrected chi connectivity index (χ2v) is 8.94. The van der Waals surface area contributed by atoms with Crippen molar-refractivity contribution < 1.29 is 14.4 Å². The first-order chi connectivity index (χ1) is 14.8. The summed E-state index contributed by atoms with van der Waals surface area (Å²) in [7, 11) is 3.68. The average molecular weight is 434 g/mol. The van der Waals surface area contributed by atoms with E-state index < -0.39 is 0 Å². The molecule has 0 bridgehead atoms. The molecule has 1 aromatic rings. The molecule has 172 valence electrons. The van der Waals surface area contributed by atoms with Crippen LogP contribution in [0.15, 0.2) is 0 Å². The van der Waals surface area contributed by atoms with Crippen LogP contribution in [0.5, 0.6) is 0 Å². The highest BCUT2D eigenvalue weighted by atomic mass is 16.2. The van der Waals surface area contributed by atoms with Crippen molar-refractivity contribution in [2.45, 2.75) is 57.8 Å². The van der Waals surface area contributed by atoms with E-state index in [4.69, 9.17) is 5.73 Å². The number of amides is 3. The van der Waals surface area contributed by atoms with Crippen molar-refractivity contribution in [1.82, 2.24) is 30.3 Å². The van der Waals surface area contributed by atoms with Crippen molar-refractivity contribution in [3.05, 3.63) is 5.82 Å². The molecule has 10 heteroatoms. The molecule has 1 atom stereocenters. The summed E-state index contributed by atoms with van der Waals surface area (Å²) in [5.74, 6) is 1.41. The van der Waals surface area contributed by atoms with Crippen molar-refractivity contribution in [3.8, 4) is 0 Å². The third-order valence-corrected chi connectivity index (χ3v) is 6.85. The largest absolute Gasteiger partial charge is 0.367 e. The van der Waals surface area contributed by atoms with Gasteiger partial charge in [-0.25, -0.2) is 0 Å². The molecule has 0 aromatic carbocycles. The van der Waals surface area contributed by atoms with Gasteiger partial charge in [0.25, 0.3) is 0 Å². The minimum atomic E-state index is -0.292. The molecule has 1 aromatic heterocycles. The van der Waals surface area contributed by atoms with Crippen LogP contribution in [0.3, 0.4) is 0 Å². The van der Waals surface area contributed by atoms with E-state index >= 15 is 0 Å². The van der Waals surface area contributed by atoms with Crippen LogP contribution < -0.4 is 11.1 Å². The van der Waals surface area contributed by atoms with Crippen molar-refractivity contribution in [3.63, 3.8) is 0 Å². The van der Waals surface area contributed by atoms with E-state index in [9.17, 15) is 14.4 Å². The summed E-state index contributed by atoms with van der Waals surface area (Å²) >= 11 is 0. The van der Waals surface area contributed by atoms with Gasteiger partial charge in [-0.2, -0.15) is 4.98 Å². The molecule has 1 aliphatic heterocycles. The van der Waals surface area contributed by atoms with Gasteiger partial charge in [0.15, 0.2) is 0 Å². The van der Waals surface area contributed by atoms with Gasteiger partial charge < -0.3 is 20.9 Å². The number of hydrogen-bond acceptors (Lipinski definition) is 6. The number of carbonyl (C=O) groups excluding carboxylic acids is 3. The Morgan fingerprint density at radius 2 is 1.90 bits per heavy atom. The number of unbranched alkanes of at least 4 members (excludes halogenated alkanes) is 1. The molecule has 1 saturated heterocycles. The maximum absolute atomic E-state index is 13.2. The Hall–Kier alpha value is -2.65. The first-order valence-corrected chi connectivity index (χ1v) is 11.2. The lowest BCUT2D eigenvalue weighted by atomic mass is 9.58. The fraction of sp³-hybridized carbons (Fsp3) is 0.762. The van der Waals surface area contributed by atoms with Crippen LogP contribution in [0.1, 0.15) is 57.2 Å². The van der Waals surface area contributed by atoms with Gasteiger partial charge in [-0.05, 0) is 38.0 Å². The second-order valence-electron chi connectivity index (χ2n) is 8.94. The van der Waals surface area contributed by atoms with E-state index in [1.54, 1.807) is 11.9 Å². The lowest BCUT2D eigenvalue weighted by Gasteiger charge is -2.49. The molecule has 10 nitrogen and oxygen atoms in total. The molecule has 1 unspecified atom stereocenters. The number of aromatic amines is 1. The summed E-state index contributed by atoms with van der Waals surface area (Å²) in [6.07, 6.45) is 6.76. The summed E-state index contributed by atoms with van der Waals surface area (Å²) < 4.78 is 0. The zero-order chi connectivity index (χ0) is 22.4. The summed E-state index contributed by atoms with van der Waals surface area (Å²) in [5.41, 5.74) is 5.17. The minimum absolute atomic E-state index is 0.0483. The number of hydrogen-bond donors (Lipinski definition) is 3. The lowest BCUT2D eigenvalue weighted by molar-refractivity contribution is -0.153. The van der Waals surface area contributed by atoms with Crippen LogP contribution in [0.25, 0.3) is 0 Å². The topological polar surface area (TPSA) is 137 Å². The Morgan fingerprint density at radius 3 is 2.45 bits per heavy atom. The quantitative estimate of drug-likeness (QED) is 0.465. The predicted molar refractivity (Wildman–Crippen MR) is 116 cm³/mol. The summed E-state index contributed by atoms with van der Waals surface area (Å²) in [6.45, 7) is 1.95. The van der Waals surface area contributed by atoms with Gasteiger partial charge in [0, 0.05) is 53.0 Å². The van der Waals surface area contributed by atoms with E-state index in [0.717, 1.165) is 38.5 Å². The molecule has 3 amide bonds. The molecule has 0 spiro atoms. The Labute approximate surface area is 183 Å². The maximum atomic E-state index is 13.2. The van der Waals surface area contributed by atoms with E-state index in [1.165, 1.54) is 0 Å². The van der Waals surface area contributed by atoms with Crippen molar-refractivity contribution >= 4 is 23.7 Å². The number of aryl methyl sites for hydroxylation is 1. The summed E-state index contributed by atoms with van der Waals surface area (Å²) in [5, 5.41) is 9.40. The highest BCUT2D eigenvalue weighted by Gasteiger charge is 2.51. The Kier molecular flexibility index (Phi) is 7.50. The average Bonchev–Trinajstić information content (AvgIpc) is 3.14. The van der Waals surface area contributed by atoms with Gasteiger partial charge in [-0.15, -0.1) is 5.10 Å². The Bertz CT molecular complexity index is 780. The number of nitrogens with one attached hydrogen (secondary N) is 2. The predicted octanol–water partition coefficient (Wildman–Crippen LogP) is 0.713. The first kappa shape index (κ1) is 23.0. The molecule has 2 fully saturated rings. The summed E-state index contributed by atoms with van der Waals surface area (Å²) in [4.78, 5) is 44.6. The molecule has 4 N–H and O–H groups in total. The SMILES string of the molecule is CN(CCCCN(C)C(=O)C1(C2CCC(=O)NC2)CCC1)C(=O)CCc1nc(N)n[nH]1. The molecule has 2 aliphatic rings. The fourth-order valence-corrected chi connectivity index (χ4v) is 4.70. The van der Waals surface area contributed by atoms with Crippen molar-refractivity contribution in [2.75, 3.05) is 39.5 Å². The van der Waals surface area contributed by atoms with Crippen LogP contribution in [-0.2, 0) is 20.8 Å². The van der Waals surface area contributed by atoms with Gasteiger partial charge >= 0.3 is 0 Å². The number of H-pyrrole nitrogens is 1. The normalized spacial score (nSPS) is 19.9. The van der Waals surface area contributed by atoms with Crippen LogP contribution in [-0.4, -0.2) is 76.4 Å². The number of aromatic nitrogens is 3. The van der Waals surface area contributed by atoms with Gasteiger partial charge in [-0.1, -0.05) is 6.42 Å². The van der Waals surface area contributed by atoms with Gasteiger partial charge in [0.05, 0.1) is 5.41 Å². The molecule has 0 radical (unpaired) electrons. The van der Waals surface area contributed by atoms with Gasteiger partial charge in [0.2, 0.25) is 23.7 Å². The monoisotopic (exact) mass is 433 g/mol. The number of nitrogen functional groups attached to an aromatic ring is 1.